The van der Waals surface area contributed by atoms with Gasteiger partial charge in [0, 0.05) is 0 Å². The number of rotatable bonds is 4. The molecule has 20 heavy (non-hydrogen) atoms. The predicted molar refractivity (Wildman–Crippen MR) is 75.7 cm³/mol. The van der Waals surface area contributed by atoms with Gasteiger partial charge in [-0.15, -0.1) is 0 Å². The molecule has 0 heterocycles. The monoisotopic (exact) mass is 268 g/mol. The number of benzene rings is 2. The summed E-state index contributed by atoms with van der Waals surface area (Å²) >= 11 is 0. The van der Waals surface area contributed by atoms with Crippen LogP contribution in [0.5, 0.6) is 0 Å². The van der Waals surface area contributed by atoms with Crippen molar-refractivity contribution < 1.29 is 19.8 Å². The van der Waals surface area contributed by atoms with Crippen LogP contribution in [0, 0.1) is 0 Å². The van der Waals surface area contributed by atoms with Crippen LogP contribution in [-0.2, 0) is 0 Å². The lowest BCUT2D eigenvalue weighted by atomic mass is 10.1. The third-order valence-electron chi connectivity index (χ3n) is 2.80. The second-order valence-electron chi connectivity index (χ2n) is 4.15. The third kappa shape index (κ3) is 3.11. The molecule has 0 aliphatic heterocycles. The van der Waals surface area contributed by atoms with E-state index in [9.17, 15) is 9.59 Å². The summed E-state index contributed by atoms with van der Waals surface area (Å²) in [5, 5.41) is 17.9. The van der Waals surface area contributed by atoms with E-state index >= 15 is 0 Å². The van der Waals surface area contributed by atoms with E-state index in [2.05, 4.69) is 0 Å². The Kier molecular flexibility index (Phi) is 3.96. The molecular weight excluding hydrogens is 256 g/mol. The van der Waals surface area contributed by atoms with Crippen LogP contribution in [0.25, 0.3) is 12.2 Å². The average Bonchev–Trinajstić information content (AvgIpc) is 2.45. The lowest BCUT2D eigenvalue weighted by molar-refractivity contribution is 0.0686. The maximum atomic E-state index is 11.1. The highest BCUT2D eigenvalue weighted by Gasteiger charge is 2.06. The molecule has 4 nitrogen and oxygen atoms in total. The molecule has 0 bridgehead atoms. The number of hydrogen-bond donors (Lipinski definition) is 2. The Morgan fingerprint density at radius 3 is 2.05 bits per heavy atom. The van der Waals surface area contributed by atoms with Crippen LogP contribution >= 0.6 is 0 Å². The summed E-state index contributed by atoms with van der Waals surface area (Å²) in [4.78, 5) is 21.8. The van der Waals surface area contributed by atoms with Crippen LogP contribution in [0.4, 0.5) is 0 Å². The molecular formula is C16H12O4. The zero-order valence-corrected chi connectivity index (χ0v) is 10.5. The van der Waals surface area contributed by atoms with Gasteiger partial charge in [0.15, 0.2) is 0 Å². The van der Waals surface area contributed by atoms with Crippen molar-refractivity contribution in [3.05, 3.63) is 70.8 Å². The summed E-state index contributed by atoms with van der Waals surface area (Å²) in [6.45, 7) is 0. The molecule has 0 saturated heterocycles. The smallest absolute Gasteiger partial charge is 0.336 e. The molecule has 100 valence electrons. The van der Waals surface area contributed by atoms with Crippen molar-refractivity contribution in [3.63, 3.8) is 0 Å². The number of hydrogen-bond acceptors (Lipinski definition) is 2. The van der Waals surface area contributed by atoms with Gasteiger partial charge in [0.2, 0.25) is 0 Å². The Bertz CT molecular complexity index is 669. The van der Waals surface area contributed by atoms with Gasteiger partial charge < -0.3 is 10.2 Å². The highest BCUT2D eigenvalue weighted by Crippen LogP contribution is 2.14. The minimum absolute atomic E-state index is 0.216. The summed E-state index contributed by atoms with van der Waals surface area (Å²) in [7, 11) is 0. The van der Waals surface area contributed by atoms with Crippen molar-refractivity contribution >= 4 is 24.1 Å². The van der Waals surface area contributed by atoms with E-state index in [1.165, 1.54) is 18.2 Å². The lowest BCUT2D eigenvalue weighted by Gasteiger charge is -2.00. The molecule has 0 atom stereocenters. The number of carbonyl (C=O) groups is 2. The molecule has 0 aliphatic rings. The topological polar surface area (TPSA) is 74.6 Å². The van der Waals surface area contributed by atoms with Gasteiger partial charge in [-0.25, -0.2) is 9.59 Å². The Hall–Kier alpha value is -2.88. The quantitative estimate of drug-likeness (QED) is 0.835. The molecule has 2 rings (SSSR count). The van der Waals surface area contributed by atoms with Crippen molar-refractivity contribution in [2.24, 2.45) is 0 Å². The molecule has 2 N–H and O–H groups in total. The van der Waals surface area contributed by atoms with E-state index in [0.29, 0.717) is 5.56 Å². The molecule has 0 fully saturated rings. The van der Waals surface area contributed by atoms with Crippen molar-refractivity contribution in [2.75, 3.05) is 0 Å². The summed E-state index contributed by atoms with van der Waals surface area (Å²) in [6, 6.07) is 13.0. The molecule has 0 radical (unpaired) electrons. The van der Waals surface area contributed by atoms with E-state index in [-0.39, 0.29) is 11.1 Å². The van der Waals surface area contributed by atoms with Crippen LogP contribution in [0.3, 0.4) is 0 Å². The fourth-order valence-electron chi connectivity index (χ4n) is 1.76. The summed E-state index contributed by atoms with van der Waals surface area (Å²) in [6.07, 6.45) is 3.44. The van der Waals surface area contributed by atoms with Crippen molar-refractivity contribution in [1.29, 1.82) is 0 Å². The molecule has 0 spiro atoms. The maximum absolute atomic E-state index is 11.1. The highest BCUT2D eigenvalue weighted by atomic mass is 16.4. The largest absolute Gasteiger partial charge is 0.478 e. The van der Waals surface area contributed by atoms with Gasteiger partial charge in [0.25, 0.3) is 0 Å². The molecule has 0 saturated carbocycles. The van der Waals surface area contributed by atoms with Crippen LogP contribution < -0.4 is 0 Å². The van der Waals surface area contributed by atoms with E-state index in [1.807, 2.05) is 0 Å². The van der Waals surface area contributed by atoms with Gasteiger partial charge in [0.1, 0.15) is 0 Å². The fraction of sp³-hybridized carbons (Fsp3) is 0. The van der Waals surface area contributed by atoms with Crippen LogP contribution in [0.2, 0.25) is 0 Å². The normalized spacial score (nSPS) is 10.6. The molecule has 0 aliphatic carbocycles. The number of aromatic carboxylic acids is 2. The second-order valence-corrected chi connectivity index (χ2v) is 4.15. The first kappa shape index (κ1) is 13.5. The van der Waals surface area contributed by atoms with E-state index in [0.717, 1.165) is 5.56 Å². The Morgan fingerprint density at radius 1 is 0.800 bits per heavy atom. The standard InChI is InChI=1S/C16H12O4/c17-15(18)13-9-6-11(7-10-13)5-8-12-3-1-2-4-14(12)16(19)20/h1-10H,(H,17,18)(H,19,20). The first-order valence-corrected chi connectivity index (χ1v) is 5.91. The van der Waals surface area contributed by atoms with Gasteiger partial charge in [0.05, 0.1) is 11.1 Å². The van der Waals surface area contributed by atoms with Crippen molar-refractivity contribution in [3.8, 4) is 0 Å². The second kappa shape index (κ2) is 5.84. The first-order chi connectivity index (χ1) is 9.58. The van der Waals surface area contributed by atoms with Gasteiger partial charge in [-0.1, -0.05) is 42.5 Å². The zero-order chi connectivity index (χ0) is 14.5. The lowest BCUT2D eigenvalue weighted by Crippen LogP contribution is -1.98. The number of carboxylic acids is 2. The van der Waals surface area contributed by atoms with Gasteiger partial charge >= 0.3 is 11.9 Å². The maximum Gasteiger partial charge on any atom is 0.336 e. The van der Waals surface area contributed by atoms with Gasteiger partial charge in [-0.3, -0.25) is 0 Å². The van der Waals surface area contributed by atoms with E-state index in [4.69, 9.17) is 10.2 Å². The molecule has 2 aromatic carbocycles. The van der Waals surface area contributed by atoms with E-state index < -0.39 is 11.9 Å². The Balaban J connectivity index is 2.25. The molecule has 2 aromatic rings. The summed E-state index contributed by atoms with van der Waals surface area (Å²) in [5.41, 5.74) is 1.84. The van der Waals surface area contributed by atoms with Crippen LogP contribution in [0.15, 0.2) is 48.5 Å². The minimum Gasteiger partial charge on any atom is -0.478 e. The third-order valence-corrected chi connectivity index (χ3v) is 2.80. The van der Waals surface area contributed by atoms with E-state index in [1.54, 1.807) is 42.5 Å². The van der Waals surface area contributed by atoms with Crippen molar-refractivity contribution in [2.45, 2.75) is 0 Å². The number of carboxylic acid groups (broad SMARTS) is 2. The summed E-state index contributed by atoms with van der Waals surface area (Å²) < 4.78 is 0. The first-order valence-electron chi connectivity index (χ1n) is 5.91. The highest BCUT2D eigenvalue weighted by molar-refractivity contribution is 5.93. The molecule has 0 aromatic heterocycles. The molecule has 0 unspecified atom stereocenters. The minimum atomic E-state index is -0.980. The van der Waals surface area contributed by atoms with Crippen LogP contribution in [-0.4, -0.2) is 22.2 Å². The average molecular weight is 268 g/mol. The SMILES string of the molecule is O=C(O)c1ccc(C=Cc2ccccc2C(=O)O)cc1. The van der Waals surface area contributed by atoms with Gasteiger partial charge in [-0.2, -0.15) is 0 Å². The van der Waals surface area contributed by atoms with Crippen LogP contribution in [0.1, 0.15) is 31.8 Å². The van der Waals surface area contributed by atoms with Gasteiger partial charge in [-0.05, 0) is 29.3 Å². The Morgan fingerprint density at radius 2 is 1.45 bits per heavy atom. The summed E-state index contributed by atoms with van der Waals surface area (Å²) in [5.74, 6) is -1.96. The van der Waals surface area contributed by atoms with Crippen molar-refractivity contribution in [1.82, 2.24) is 0 Å². The molecule has 0 amide bonds. The zero-order valence-electron chi connectivity index (χ0n) is 10.5. The fourth-order valence-corrected chi connectivity index (χ4v) is 1.76. The molecule has 4 heteroatoms. The Labute approximate surface area is 115 Å². The predicted octanol–water partition coefficient (Wildman–Crippen LogP) is 3.25.